The third kappa shape index (κ3) is 6.30. The Balaban J connectivity index is 1.66. The van der Waals surface area contributed by atoms with Crippen molar-refractivity contribution in [1.82, 2.24) is 14.9 Å². The van der Waals surface area contributed by atoms with Gasteiger partial charge in [0.05, 0.1) is 19.6 Å². The molecule has 1 aromatic carbocycles. The van der Waals surface area contributed by atoms with Crippen LogP contribution in [0, 0.1) is 5.41 Å². The number of benzene rings is 1. The standard InChI is InChI=1S/C20H24F3N7O2/c21-20(22,23)15-12-27-19(28-14-4-2-13(3-5-14)17(24)25)29-18(15)26-7-1-8-30-9-11-32-10-6-16(30)31/h2-5,12H,1,6-11H2,(H3,24,25)(H2,26,27,28,29). The number of amidine groups is 1. The third-order valence-corrected chi connectivity index (χ3v) is 4.76. The number of hydrogen-bond donors (Lipinski definition) is 4. The van der Waals surface area contributed by atoms with Gasteiger partial charge in [-0.3, -0.25) is 10.2 Å². The van der Waals surface area contributed by atoms with Crippen LogP contribution in [0.5, 0.6) is 0 Å². The summed E-state index contributed by atoms with van der Waals surface area (Å²) in [5.74, 6) is -0.484. The summed E-state index contributed by atoms with van der Waals surface area (Å²) in [6.07, 6.45) is -3.15. The largest absolute Gasteiger partial charge is 0.421 e. The molecule has 172 valence electrons. The van der Waals surface area contributed by atoms with E-state index in [2.05, 4.69) is 20.6 Å². The zero-order valence-electron chi connectivity index (χ0n) is 17.2. The minimum atomic E-state index is -4.62. The topological polar surface area (TPSA) is 129 Å². The molecule has 0 unspecified atom stereocenters. The Bertz CT molecular complexity index is 951. The fourth-order valence-corrected chi connectivity index (χ4v) is 3.08. The number of aromatic nitrogens is 2. The van der Waals surface area contributed by atoms with E-state index in [1.165, 1.54) is 0 Å². The molecule has 1 amide bonds. The first-order valence-electron chi connectivity index (χ1n) is 9.99. The van der Waals surface area contributed by atoms with Crippen molar-refractivity contribution < 1.29 is 22.7 Å². The zero-order chi connectivity index (χ0) is 23.1. The average molecular weight is 451 g/mol. The molecule has 5 N–H and O–H groups in total. The summed E-state index contributed by atoms with van der Waals surface area (Å²) in [6, 6.07) is 6.44. The van der Waals surface area contributed by atoms with Crippen molar-refractivity contribution in [2.24, 2.45) is 5.73 Å². The lowest BCUT2D eigenvalue weighted by molar-refractivity contribution is -0.137. The molecule has 0 saturated carbocycles. The Labute approximate surface area is 182 Å². The number of carbonyl (C=O) groups is 1. The highest BCUT2D eigenvalue weighted by atomic mass is 19.4. The molecular formula is C20H24F3N7O2. The van der Waals surface area contributed by atoms with Crippen molar-refractivity contribution in [2.75, 3.05) is 43.5 Å². The Hall–Kier alpha value is -3.41. The lowest BCUT2D eigenvalue weighted by Crippen LogP contribution is -2.33. The number of hydrogen-bond acceptors (Lipinski definition) is 7. The SMILES string of the molecule is N=C(N)c1ccc(Nc2ncc(C(F)(F)F)c(NCCCN3CCOCCC3=O)n2)cc1. The quantitative estimate of drug-likeness (QED) is 0.276. The molecule has 9 nitrogen and oxygen atoms in total. The lowest BCUT2D eigenvalue weighted by Gasteiger charge is -2.20. The van der Waals surface area contributed by atoms with Crippen LogP contribution in [0.15, 0.2) is 30.5 Å². The van der Waals surface area contributed by atoms with Gasteiger partial charge in [-0.25, -0.2) is 4.98 Å². The summed E-state index contributed by atoms with van der Waals surface area (Å²) < 4.78 is 45.4. The highest BCUT2D eigenvalue weighted by molar-refractivity contribution is 5.95. The number of ether oxygens (including phenoxy) is 1. The van der Waals surface area contributed by atoms with Gasteiger partial charge in [-0.1, -0.05) is 0 Å². The maximum absolute atomic E-state index is 13.4. The van der Waals surface area contributed by atoms with Crippen LogP contribution in [0.25, 0.3) is 0 Å². The summed E-state index contributed by atoms with van der Waals surface area (Å²) in [5, 5.41) is 12.9. The van der Waals surface area contributed by atoms with E-state index in [9.17, 15) is 18.0 Å². The first-order chi connectivity index (χ1) is 15.2. The Morgan fingerprint density at radius 3 is 2.69 bits per heavy atom. The second kappa shape index (κ2) is 10.3. The number of nitrogens with one attached hydrogen (secondary N) is 3. The highest BCUT2D eigenvalue weighted by Gasteiger charge is 2.35. The number of carbonyl (C=O) groups excluding carboxylic acids is 1. The summed E-state index contributed by atoms with van der Waals surface area (Å²) >= 11 is 0. The molecule has 0 radical (unpaired) electrons. The van der Waals surface area contributed by atoms with Crippen LogP contribution < -0.4 is 16.4 Å². The van der Waals surface area contributed by atoms with Crippen LogP contribution in [0.1, 0.15) is 24.0 Å². The molecule has 0 bridgehead atoms. The van der Waals surface area contributed by atoms with Gasteiger partial charge in [0.15, 0.2) is 0 Å². The van der Waals surface area contributed by atoms with Crippen LogP contribution in [0.3, 0.4) is 0 Å². The lowest BCUT2D eigenvalue weighted by atomic mass is 10.2. The van der Waals surface area contributed by atoms with Gasteiger partial charge in [0, 0.05) is 37.1 Å². The van der Waals surface area contributed by atoms with Crippen LogP contribution in [-0.4, -0.2) is 59.5 Å². The molecule has 1 aliphatic heterocycles. The van der Waals surface area contributed by atoms with E-state index in [1.807, 2.05) is 0 Å². The molecule has 1 saturated heterocycles. The average Bonchev–Trinajstić information content (AvgIpc) is 2.95. The van der Waals surface area contributed by atoms with Gasteiger partial charge in [0.2, 0.25) is 11.9 Å². The van der Waals surface area contributed by atoms with Crippen LogP contribution in [0.4, 0.5) is 30.6 Å². The van der Waals surface area contributed by atoms with Crippen LogP contribution in [0.2, 0.25) is 0 Å². The molecule has 0 aliphatic carbocycles. The molecule has 1 fully saturated rings. The number of amides is 1. The van der Waals surface area contributed by atoms with Gasteiger partial charge < -0.3 is 26.0 Å². The minimum absolute atomic E-state index is 0.0177. The van der Waals surface area contributed by atoms with E-state index in [0.717, 1.165) is 6.20 Å². The van der Waals surface area contributed by atoms with Crippen LogP contribution in [-0.2, 0) is 15.7 Å². The monoisotopic (exact) mass is 451 g/mol. The molecule has 2 aromatic rings. The van der Waals surface area contributed by atoms with Gasteiger partial charge in [0.25, 0.3) is 0 Å². The van der Waals surface area contributed by atoms with Gasteiger partial charge in [-0.2, -0.15) is 18.2 Å². The summed E-state index contributed by atoms with van der Waals surface area (Å²) in [4.78, 5) is 21.4. The fraction of sp³-hybridized carbons (Fsp3) is 0.400. The number of nitrogens with two attached hydrogens (primary N) is 1. The van der Waals surface area contributed by atoms with Gasteiger partial charge in [-0.15, -0.1) is 0 Å². The predicted molar refractivity (Wildman–Crippen MR) is 113 cm³/mol. The smallest absolute Gasteiger partial charge is 0.384 e. The summed E-state index contributed by atoms with van der Waals surface area (Å²) in [5.41, 5.74) is 5.48. The van der Waals surface area contributed by atoms with Gasteiger partial charge >= 0.3 is 6.18 Å². The molecule has 32 heavy (non-hydrogen) atoms. The second-order valence-corrected chi connectivity index (χ2v) is 7.09. The van der Waals surface area contributed by atoms with Crippen LogP contribution >= 0.6 is 0 Å². The minimum Gasteiger partial charge on any atom is -0.384 e. The molecule has 0 spiro atoms. The van der Waals surface area contributed by atoms with E-state index in [4.69, 9.17) is 15.9 Å². The van der Waals surface area contributed by atoms with Crippen molar-refractivity contribution in [2.45, 2.75) is 19.0 Å². The number of nitrogen functional groups attached to an aromatic ring is 1. The number of halogens is 3. The van der Waals surface area contributed by atoms with Crippen molar-refractivity contribution in [1.29, 1.82) is 5.41 Å². The maximum atomic E-state index is 13.4. The van der Waals surface area contributed by atoms with Crippen molar-refractivity contribution >= 4 is 29.2 Å². The molecule has 0 atom stereocenters. The van der Waals surface area contributed by atoms with E-state index in [-0.39, 0.29) is 30.1 Å². The normalized spacial score (nSPS) is 14.7. The number of anilines is 3. The van der Waals surface area contributed by atoms with Crippen molar-refractivity contribution in [3.05, 3.63) is 41.6 Å². The van der Waals surface area contributed by atoms with Gasteiger partial charge in [-0.05, 0) is 30.7 Å². The second-order valence-electron chi connectivity index (χ2n) is 7.09. The van der Waals surface area contributed by atoms with Crippen molar-refractivity contribution in [3.8, 4) is 0 Å². The Kier molecular flexibility index (Phi) is 7.46. The predicted octanol–water partition coefficient (Wildman–Crippen LogP) is 2.57. The van der Waals surface area contributed by atoms with Gasteiger partial charge in [0.1, 0.15) is 17.2 Å². The third-order valence-electron chi connectivity index (χ3n) is 4.76. The Morgan fingerprint density at radius 2 is 2.00 bits per heavy atom. The first-order valence-corrected chi connectivity index (χ1v) is 9.99. The van der Waals surface area contributed by atoms with Crippen molar-refractivity contribution in [3.63, 3.8) is 0 Å². The highest BCUT2D eigenvalue weighted by Crippen LogP contribution is 2.34. The number of nitrogens with zero attached hydrogens (tertiary/aromatic N) is 3. The summed E-state index contributed by atoms with van der Waals surface area (Å²) in [6.45, 7) is 1.91. The molecule has 3 rings (SSSR count). The molecule has 1 aliphatic rings. The number of rotatable bonds is 8. The summed E-state index contributed by atoms with van der Waals surface area (Å²) in [7, 11) is 0. The van der Waals surface area contributed by atoms with E-state index >= 15 is 0 Å². The van der Waals surface area contributed by atoms with E-state index in [1.54, 1.807) is 29.2 Å². The Morgan fingerprint density at radius 1 is 1.25 bits per heavy atom. The number of alkyl halides is 3. The van der Waals surface area contributed by atoms with E-state index in [0.29, 0.717) is 50.4 Å². The zero-order valence-corrected chi connectivity index (χ0v) is 17.2. The molecular weight excluding hydrogens is 427 g/mol. The maximum Gasteiger partial charge on any atom is 0.421 e. The molecule has 1 aromatic heterocycles. The first kappa shape index (κ1) is 23.3. The molecule has 12 heteroatoms. The fourth-order valence-electron chi connectivity index (χ4n) is 3.08. The molecule has 2 heterocycles. The van der Waals surface area contributed by atoms with E-state index < -0.39 is 11.7 Å².